The van der Waals surface area contributed by atoms with Gasteiger partial charge in [0.25, 0.3) is 0 Å². The number of fused-ring (bicyclic) bond motifs is 1. The zero-order chi connectivity index (χ0) is 9.47. The lowest BCUT2D eigenvalue weighted by Gasteiger charge is -2.05. The molecule has 0 bridgehead atoms. The maximum Gasteiger partial charge on any atom is 0.434 e. The number of aromatic nitrogens is 2. The summed E-state index contributed by atoms with van der Waals surface area (Å²) in [5.74, 6) is 0.276. The second-order valence-electron chi connectivity index (χ2n) is 2.71. The summed E-state index contributed by atoms with van der Waals surface area (Å²) < 4.78 is 37.9. The minimum Gasteiger partial charge on any atom is -0.328 e. The number of hydrogen-bond acceptors (Lipinski definition) is 2. The third-order valence-electron chi connectivity index (χ3n) is 1.77. The molecule has 0 fully saturated rings. The molecule has 0 atom stereocenters. The molecule has 0 amide bonds. The molecular weight excluding hydrogens is 183 g/mol. The van der Waals surface area contributed by atoms with Gasteiger partial charge in [0.1, 0.15) is 0 Å². The second-order valence-corrected chi connectivity index (χ2v) is 2.71. The van der Waals surface area contributed by atoms with Crippen molar-refractivity contribution in [2.75, 3.05) is 6.54 Å². The van der Waals surface area contributed by atoms with Crippen LogP contribution in [0.2, 0.25) is 0 Å². The second kappa shape index (κ2) is 2.58. The molecule has 0 saturated carbocycles. The molecule has 13 heavy (non-hydrogen) atoms. The number of hydrogen-bond donors (Lipinski definition) is 0. The van der Waals surface area contributed by atoms with Gasteiger partial charge in [0.2, 0.25) is 0 Å². The molecule has 3 nitrogen and oxygen atoms in total. The Morgan fingerprint density at radius 2 is 2.15 bits per heavy atom. The van der Waals surface area contributed by atoms with Gasteiger partial charge < -0.3 is 4.57 Å². The summed E-state index contributed by atoms with van der Waals surface area (Å²) >= 11 is 0. The Hall–Kier alpha value is -1.33. The molecule has 0 aromatic carbocycles. The van der Waals surface area contributed by atoms with Crippen LogP contribution in [0.15, 0.2) is 11.2 Å². The molecule has 1 aromatic rings. The van der Waals surface area contributed by atoms with Crippen molar-refractivity contribution in [3.8, 4) is 0 Å². The number of alkyl halides is 3. The van der Waals surface area contributed by atoms with E-state index in [2.05, 4.69) is 9.98 Å². The monoisotopic (exact) mass is 189 g/mol. The van der Waals surface area contributed by atoms with E-state index in [0.717, 1.165) is 6.20 Å². The average Bonchev–Trinajstić information content (AvgIpc) is 2.45. The van der Waals surface area contributed by atoms with Crippen LogP contribution in [0, 0.1) is 0 Å². The quantitative estimate of drug-likeness (QED) is 0.605. The number of rotatable bonds is 0. The van der Waals surface area contributed by atoms with E-state index in [1.54, 1.807) is 0 Å². The van der Waals surface area contributed by atoms with Crippen LogP contribution in [0.5, 0.6) is 0 Å². The minimum absolute atomic E-state index is 0.276. The summed E-state index contributed by atoms with van der Waals surface area (Å²) in [5.41, 5.74) is -0.851. The van der Waals surface area contributed by atoms with Gasteiger partial charge in [-0.05, 0) is 0 Å². The molecule has 2 rings (SSSR count). The Morgan fingerprint density at radius 3 is 2.77 bits per heavy atom. The van der Waals surface area contributed by atoms with Crippen molar-refractivity contribution < 1.29 is 13.2 Å². The van der Waals surface area contributed by atoms with Gasteiger partial charge in [0, 0.05) is 12.7 Å². The highest BCUT2D eigenvalue weighted by atomic mass is 19.4. The van der Waals surface area contributed by atoms with Gasteiger partial charge in [-0.1, -0.05) is 0 Å². The van der Waals surface area contributed by atoms with Crippen LogP contribution in [0.4, 0.5) is 13.2 Å². The Morgan fingerprint density at radius 1 is 1.38 bits per heavy atom. The molecule has 1 aromatic heterocycles. The Labute approximate surface area is 71.9 Å². The van der Waals surface area contributed by atoms with Crippen LogP contribution in [-0.2, 0) is 12.7 Å². The highest BCUT2D eigenvalue weighted by Crippen LogP contribution is 2.28. The highest BCUT2D eigenvalue weighted by Gasteiger charge is 2.34. The third kappa shape index (κ3) is 1.43. The van der Waals surface area contributed by atoms with Gasteiger partial charge in [0.15, 0.2) is 11.5 Å². The molecule has 0 aliphatic carbocycles. The van der Waals surface area contributed by atoms with Crippen molar-refractivity contribution in [2.45, 2.75) is 12.7 Å². The van der Waals surface area contributed by atoms with Crippen molar-refractivity contribution in [3.05, 3.63) is 17.7 Å². The average molecular weight is 189 g/mol. The van der Waals surface area contributed by atoms with E-state index in [1.807, 2.05) is 0 Å². The normalized spacial score (nSPS) is 15.9. The SMILES string of the molecule is FC(F)(F)c1cn2c(n1)C=NCC2. The van der Waals surface area contributed by atoms with E-state index >= 15 is 0 Å². The Balaban J connectivity index is 2.42. The van der Waals surface area contributed by atoms with Gasteiger partial charge in [-0.15, -0.1) is 0 Å². The number of nitrogens with zero attached hydrogens (tertiary/aromatic N) is 3. The standard InChI is InChI=1S/C7H6F3N3/c8-7(9,10)5-4-13-2-1-11-3-6(13)12-5/h3-4H,1-2H2. The van der Waals surface area contributed by atoms with Crippen molar-refractivity contribution in [2.24, 2.45) is 4.99 Å². The van der Waals surface area contributed by atoms with Gasteiger partial charge in [-0.25, -0.2) is 4.98 Å². The van der Waals surface area contributed by atoms with E-state index < -0.39 is 11.9 Å². The van der Waals surface area contributed by atoms with Crippen LogP contribution in [0.1, 0.15) is 11.5 Å². The molecule has 0 radical (unpaired) electrons. The first kappa shape index (κ1) is 8.28. The van der Waals surface area contributed by atoms with Crippen molar-refractivity contribution in [1.29, 1.82) is 0 Å². The van der Waals surface area contributed by atoms with Crippen LogP contribution in [0.25, 0.3) is 0 Å². The van der Waals surface area contributed by atoms with Gasteiger partial charge in [-0.3, -0.25) is 4.99 Å². The van der Waals surface area contributed by atoms with Gasteiger partial charge in [-0.2, -0.15) is 13.2 Å². The third-order valence-corrected chi connectivity index (χ3v) is 1.77. The molecular formula is C7H6F3N3. The van der Waals surface area contributed by atoms with Crippen LogP contribution in [0.3, 0.4) is 0 Å². The van der Waals surface area contributed by atoms with E-state index in [-0.39, 0.29) is 5.82 Å². The summed E-state index contributed by atoms with van der Waals surface area (Å²) in [6.45, 7) is 0.982. The fourth-order valence-corrected chi connectivity index (χ4v) is 1.16. The number of aliphatic imine (C=N–C) groups is 1. The van der Waals surface area contributed by atoms with Crippen molar-refractivity contribution in [3.63, 3.8) is 0 Å². The number of halogens is 3. The molecule has 0 unspecified atom stereocenters. The fraction of sp³-hybridized carbons (Fsp3) is 0.429. The maximum atomic E-state index is 12.2. The van der Waals surface area contributed by atoms with Crippen molar-refractivity contribution in [1.82, 2.24) is 9.55 Å². The van der Waals surface area contributed by atoms with Crippen molar-refractivity contribution >= 4 is 6.21 Å². The molecule has 70 valence electrons. The van der Waals surface area contributed by atoms with Crippen LogP contribution >= 0.6 is 0 Å². The van der Waals surface area contributed by atoms with E-state index in [0.29, 0.717) is 13.1 Å². The predicted octanol–water partition coefficient (Wildman–Crippen LogP) is 1.33. The predicted molar refractivity (Wildman–Crippen MR) is 39.7 cm³/mol. The molecule has 0 saturated heterocycles. The molecule has 1 aliphatic rings. The minimum atomic E-state index is -4.36. The zero-order valence-corrected chi connectivity index (χ0v) is 6.54. The molecule has 2 heterocycles. The lowest BCUT2D eigenvalue weighted by molar-refractivity contribution is -0.140. The zero-order valence-electron chi connectivity index (χ0n) is 6.54. The van der Waals surface area contributed by atoms with E-state index in [9.17, 15) is 13.2 Å². The Kier molecular flexibility index (Phi) is 1.64. The van der Waals surface area contributed by atoms with Gasteiger partial charge >= 0.3 is 6.18 Å². The first-order valence-electron chi connectivity index (χ1n) is 3.71. The summed E-state index contributed by atoms with van der Waals surface area (Å²) in [7, 11) is 0. The maximum absolute atomic E-state index is 12.2. The molecule has 6 heteroatoms. The first-order chi connectivity index (χ1) is 6.07. The topological polar surface area (TPSA) is 30.2 Å². The molecule has 0 N–H and O–H groups in total. The fourth-order valence-electron chi connectivity index (χ4n) is 1.16. The lowest BCUT2D eigenvalue weighted by Crippen LogP contribution is -2.09. The Bertz CT molecular complexity index is 350. The largest absolute Gasteiger partial charge is 0.434 e. The summed E-state index contributed by atoms with van der Waals surface area (Å²) in [6, 6.07) is 0. The van der Waals surface area contributed by atoms with Gasteiger partial charge in [0.05, 0.1) is 12.8 Å². The van der Waals surface area contributed by atoms with Crippen LogP contribution in [-0.4, -0.2) is 22.3 Å². The summed E-state index contributed by atoms with van der Waals surface area (Å²) in [6.07, 6.45) is -1.99. The summed E-state index contributed by atoms with van der Waals surface area (Å²) in [4.78, 5) is 7.25. The lowest BCUT2D eigenvalue weighted by atomic mass is 10.5. The van der Waals surface area contributed by atoms with E-state index in [4.69, 9.17) is 0 Å². The molecule has 0 spiro atoms. The number of imidazole rings is 1. The molecule has 1 aliphatic heterocycles. The first-order valence-corrected chi connectivity index (χ1v) is 3.71. The highest BCUT2D eigenvalue weighted by molar-refractivity contribution is 5.75. The van der Waals surface area contributed by atoms with E-state index in [1.165, 1.54) is 10.8 Å². The summed E-state index contributed by atoms with van der Waals surface area (Å²) in [5, 5.41) is 0. The smallest absolute Gasteiger partial charge is 0.328 e. The van der Waals surface area contributed by atoms with Crippen LogP contribution < -0.4 is 0 Å².